The summed E-state index contributed by atoms with van der Waals surface area (Å²) >= 11 is 0. The fourth-order valence-corrected chi connectivity index (χ4v) is 1.98. The van der Waals surface area contributed by atoms with Crippen LogP contribution in [0.4, 0.5) is 0 Å². The molecule has 17 heavy (non-hydrogen) atoms. The second-order valence-electron chi connectivity index (χ2n) is 4.45. The molecular formula is C14H18N2O. The van der Waals surface area contributed by atoms with Crippen LogP contribution in [0.5, 0.6) is 0 Å². The quantitative estimate of drug-likeness (QED) is 0.849. The molecule has 1 unspecified atom stereocenters. The molecule has 0 saturated carbocycles. The van der Waals surface area contributed by atoms with Crippen LogP contribution >= 0.6 is 0 Å². The van der Waals surface area contributed by atoms with E-state index in [1.807, 2.05) is 44.2 Å². The van der Waals surface area contributed by atoms with Gasteiger partial charge in [-0.1, -0.05) is 19.1 Å². The van der Waals surface area contributed by atoms with Gasteiger partial charge in [0, 0.05) is 17.6 Å². The van der Waals surface area contributed by atoms with E-state index in [-0.39, 0.29) is 6.54 Å². The fourth-order valence-electron chi connectivity index (χ4n) is 1.98. The number of nitrogens with two attached hydrogens (primary N) is 1. The van der Waals surface area contributed by atoms with Crippen molar-refractivity contribution >= 4 is 10.9 Å². The van der Waals surface area contributed by atoms with E-state index >= 15 is 0 Å². The van der Waals surface area contributed by atoms with E-state index in [1.54, 1.807) is 0 Å². The van der Waals surface area contributed by atoms with Crippen molar-refractivity contribution < 1.29 is 5.11 Å². The van der Waals surface area contributed by atoms with E-state index in [9.17, 15) is 5.11 Å². The summed E-state index contributed by atoms with van der Waals surface area (Å²) in [5.74, 6) is 0. The highest BCUT2D eigenvalue weighted by Gasteiger charge is 2.25. The Hall–Kier alpha value is -1.45. The first-order valence-electron chi connectivity index (χ1n) is 5.89. The summed E-state index contributed by atoms with van der Waals surface area (Å²) in [6.45, 7) is 4.13. The van der Waals surface area contributed by atoms with Crippen molar-refractivity contribution in [2.75, 3.05) is 6.54 Å². The number of rotatable bonds is 3. The molecule has 1 heterocycles. The van der Waals surface area contributed by atoms with Crippen LogP contribution in [0.1, 0.15) is 24.6 Å². The second kappa shape index (κ2) is 4.43. The third kappa shape index (κ3) is 2.16. The molecule has 0 aliphatic rings. The molecule has 0 saturated heterocycles. The average molecular weight is 230 g/mol. The van der Waals surface area contributed by atoms with E-state index in [2.05, 4.69) is 4.98 Å². The normalized spacial score (nSPS) is 14.8. The molecular weight excluding hydrogens is 212 g/mol. The first kappa shape index (κ1) is 12.0. The molecule has 0 bridgehead atoms. The number of pyridine rings is 1. The van der Waals surface area contributed by atoms with Gasteiger partial charge in [0.15, 0.2) is 0 Å². The molecule has 2 rings (SSSR count). The highest BCUT2D eigenvalue weighted by atomic mass is 16.3. The molecule has 0 amide bonds. The highest BCUT2D eigenvalue weighted by molar-refractivity contribution is 5.79. The minimum atomic E-state index is -0.931. The Labute approximate surface area is 101 Å². The fraction of sp³-hybridized carbons (Fsp3) is 0.357. The molecule has 1 atom stereocenters. The monoisotopic (exact) mass is 230 g/mol. The lowest BCUT2D eigenvalue weighted by Gasteiger charge is -2.25. The van der Waals surface area contributed by atoms with Gasteiger partial charge < -0.3 is 10.8 Å². The predicted molar refractivity (Wildman–Crippen MR) is 69.7 cm³/mol. The molecule has 0 spiro atoms. The molecule has 3 nitrogen and oxygen atoms in total. The number of aryl methyl sites for hydroxylation is 1. The zero-order valence-electron chi connectivity index (χ0n) is 10.3. The smallest absolute Gasteiger partial charge is 0.102 e. The third-order valence-corrected chi connectivity index (χ3v) is 3.29. The topological polar surface area (TPSA) is 59.1 Å². The molecule has 0 fully saturated rings. The third-order valence-electron chi connectivity index (χ3n) is 3.29. The maximum atomic E-state index is 10.4. The zero-order valence-corrected chi connectivity index (χ0v) is 10.3. The number of hydrogen-bond acceptors (Lipinski definition) is 3. The molecule has 1 aromatic heterocycles. The molecule has 3 N–H and O–H groups in total. The van der Waals surface area contributed by atoms with E-state index in [0.717, 1.165) is 22.2 Å². The van der Waals surface area contributed by atoms with Gasteiger partial charge >= 0.3 is 0 Å². The Morgan fingerprint density at radius 3 is 2.71 bits per heavy atom. The van der Waals surface area contributed by atoms with Crippen molar-refractivity contribution in [1.82, 2.24) is 4.98 Å². The molecule has 90 valence electrons. The van der Waals surface area contributed by atoms with E-state index < -0.39 is 5.60 Å². The van der Waals surface area contributed by atoms with Crippen molar-refractivity contribution in [1.29, 1.82) is 0 Å². The van der Waals surface area contributed by atoms with Crippen molar-refractivity contribution in [2.24, 2.45) is 5.73 Å². The minimum absolute atomic E-state index is 0.230. The van der Waals surface area contributed by atoms with E-state index in [1.165, 1.54) is 0 Å². The lowest BCUT2D eigenvalue weighted by atomic mass is 9.90. The van der Waals surface area contributed by atoms with Crippen molar-refractivity contribution in [3.8, 4) is 0 Å². The van der Waals surface area contributed by atoms with E-state index in [4.69, 9.17) is 5.73 Å². The molecule has 0 aliphatic heterocycles. The van der Waals surface area contributed by atoms with Gasteiger partial charge in [0.1, 0.15) is 5.60 Å². The molecule has 1 aromatic carbocycles. The van der Waals surface area contributed by atoms with Crippen molar-refractivity contribution in [3.05, 3.63) is 41.6 Å². The summed E-state index contributed by atoms with van der Waals surface area (Å²) in [4.78, 5) is 4.44. The molecule has 0 aliphatic carbocycles. The van der Waals surface area contributed by atoms with Gasteiger partial charge in [0.2, 0.25) is 0 Å². The summed E-state index contributed by atoms with van der Waals surface area (Å²) in [7, 11) is 0. The average Bonchev–Trinajstić information content (AvgIpc) is 2.37. The van der Waals surface area contributed by atoms with Crippen LogP contribution in [0.2, 0.25) is 0 Å². The Balaban J connectivity index is 2.55. The van der Waals surface area contributed by atoms with Gasteiger partial charge in [0.05, 0.1) is 5.52 Å². The maximum Gasteiger partial charge on any atom is 0.102 e. The number of hydrogen-bond donors (Lipinski definition) is 2. The highest BCUT2D eigenvalue weighted by Crippen LogP contribution is 2.26. The Morgan fingerprint density at radius 1 is 1.29 bits per heavy atom. The van der Waals surface area contributed by atoms with Crippen LogP contribution in [-0.2, 0) is 5.60 Å². The number of benzene rings is 1. The lowest BCUT2D eigenvalue weighted by molar-refractivity contribution is 0.0420. The van der Waals surface area contributed by atoms with Crippen LogP contribution in [-0.4, -0.2) is 16.6 Å². The van der Waals surface area contributed by atoms with Crippen LogP contribution in [0.15, 0.2) is 30.3 Å². The van der Waals surface area contributed by atoms with Crippen molar-refractivity contribution in [3.63, 3.8) is 0 Å². The van der Waals surface area contributed by atoms with Crippen LogP contribution < -0.4 is 5.73 Å². The van der Waals surface area contributed by atoms with Gasteiger partial charge in [0.25, 0.3) is 0 Å². The van der Waals surface area contributed by atoms with Gasteiger partial charge in [-0.25, -0.2) is 0 Å². The first-order valence-corrected chi connectivity index (χ1v) is 5.89. The van der Waals surface area contributed by atoms with E-state index in [0.29, 0.717) is 6.42 Å². The number of aliphatic hydroxyl groups is 1. The molecule has 3 heteroatoms. The SMILES string of the molecule is CCC(O)(CN)c1ccc2nc(C)ccc2c1. The predicted octanol–water partition coefficient (Wildman–Crippen LogP) is 2.10. The van der Waals surface area contributed by atoms with Crippen molar-refractivity contribution in [2.45, 2.75) is 25.9 Å². The largest absolute Gasteiger partial charge is 0.384 e. The van der Waals surface area contributed by atoms with Crippen LogP contribution in [0.25, 0.3) is 10.9 Å². The Bertz CT molecular complexity index is 533. The van der Waals surface area contributed by atoms with Gasteiger partial charge in [-0.05, 0) is 37.1 Å². The van der Waals surface area contributed by atoms with Gasteiger partial charge in [-0.2, -0.15) is 0 Å². The Kier molecular flexibility index (Phi) is 3.13. The maximum absolute atomic E-state index is 10.4. The summed E-state index contributed by atoms with van der Waals surface area (Å²) in [5.41, 5.74) is 7.53. The standard InChI is InChI=1S/C14H18N2O/c1-3-14(17,9-15)12-6-7-13-11(8-12)5-4-10(2)16-13/h4-8,17H,3,9,15H2,1-2H3. The number of fused-ring (bicyclic) bond motifs is 1. The summed E-state index contributed by atoms with van der Waals surface area (Å²) in [6.07, 6.45) is 0.605. The summed E-state index contributed by atoms with van der Waals surface area (Å²) < 4.78 is 0. The lowest BCUT2D eigenvalue weighted by Crippen LogP contribution is -2.34. The Morgan fingerprint density at radius 2 is 2.06 bits per heavy atom. The second-order valence-corrected chi connectivity index (χ2v) is 4.45. The van der Waals surface area contributed by atoms with Gasteiger partial charge in [-0.3, -0.25) is 4.98 Å². The van der Waals surface area contributed by atoms with Gasteiger partial charge in [-0.15, -0.1) is 0 Å². The summed E-state index contributed by atoms with van der Waals surface area (Å²) in [6, 6.07) is 9.81. The summed E-state index contributed by atoms with van der Waals surface area (Å²) in [5, 5.41) is 11.4. The number of nitrogens with zero attached hydrogens (tertiary/aromatic N) is 1. The number of aromatic nitrogens is 1. The molecule has 0 radical (unpaired) electrons. The minimum Gasteiger partial charge on any atom is -0.384 e. The van der Waals surface area contributed by atoms with Crippen LogP contribution in [0, 0.1) is 6.92 Å². The molecule has 2 aromatic rings. The van der Waals surface area contributed by atoms with Crippen LogP contribution in [0.3, 0.4) is 0 Å². The first-order chi connectivity index (χ1) is 8.09. The zero-order chi connectivity index (χ0) is 12.5.